The molecule has 6 nitrogen and oxygen atoms in total. The molecule has 2 rings (SSSR count). The maximum atomic E-state index is 12.0. The third-order valence-electron chi connectivity index (χ3n) is 3.15. The Morgan fingerprint density at radius 2 is 2.21 bits per heavy atom. The number of hydrogen-bond donors (Lipinski definition) is 1. The number of carbonyl (C=O) groups excluding carboxylic acids is 1. The Morgan fingerprint density at radius 1 is 1.47 bits per heavy atom. The molecule has 0 saturated carbocycles. The van der Waals surface area contributed by atoms with Gasteiger partial charge in [0.25, 0.3) is 5.69 Å². The van der Waals surface area contributed by atoms with Gasteiger partial charge in [-0.25, -0.2) is 0 Å². The quantitative estimate of drug-likeness (QED) is 0.664. The number of nitro groups is 1. The van der Waals surface area contributed by atoms with Crippen LogP contribution in [0.25, 0.3) is 0 Å². The van der Waals surface area contributed by atoms with Gasteiger partial charge in [-0.15, -0.1) is 0 Å². The van der Waals surface area contributed by atoms with Crippen LogP contribution in [0.1, 0.15) is 25.3 Å². The van der Waals surface area contributed by atoms with E-state index < -0.39 is 11.0 Å². The van der Waals surface area contributed by atoms with Crippen LogP contribution >= 0.6 is 0 Å². The summed E-state index contributed by atoms with van der Waals surface area (Å²) in [7, 11) is 0. The first kappa shape index (κ1) is 13.5. The molecule has 0 fully saturated rings. The molecular formula is C13H16N2O4. The summed E-state index contributed by atoms with van der Waals surface area (Å²) in [6.07, 6.45) is 1.07. The van der Waals surface area contributed by atoms with E-state index in [1.807, 2.05) is 0 Å². The predicted molar refractivity (Wildman–Crippen MR) is 70.1 cm³/mol. The smallest absolute Gasteiger partial charge is 0.269 e. The van der Waals surface area contributed by atoms with Gasteiger partial charge in [-0.05, 0) is 31.4 Å². The maximum absolute atomic E-state index is 12.0. The molecule has 1 N–H and O–H groups in total. The zero-order valence-electron chi connectivity index (χ0n) is 10.7. The minimum atomic E-state index is -0.634. The number of fused-ring (bicyclic) bond motifs is 1. The normalized spacial score (nSPS) is 16.7. The number of hydrogen-bond acceptors (Lipinski definition) is 4. The van der Waals surface area contributed by atoms with E-state index in [0.717, 1.165) is 5.56 Å². The SMILES string of the molecule is CC(O)CN1C(=O)CCCc2cc([N+](=O)[O-])ccc21. The lowest BCUT2D eigenvalue weighted by Crippen LogP contribution is -2.36. The standard InChI is InChI=1S/C13H16N2O4/c1-9(16)8-14-12-6-5-11(15(18)19)7-10(12)3-2-4-13(14)17/h5-7,9,16H,2-4,8H2,1H3. The summed E-state index contributed by atoms with van der Waals surface area (Å²) in [5, 5.41) is 20.3. The number of aliphatic hydroxyl groups excluding tert-OH is 1. The third kappa shape index (κ3) is 2.90. The first-order valence-corrected chi connectivity index (χ1v) is 6.25. The van der Waals surface area contributed by atoms with Crippen LogP contribution in [-0.4, -0.2) is 28.6 Å². The van der Waals surface area contributed by atoms with Crippen molar-refractivity contribution in [2.45, 2.75) is 32.3 Å². The second kappa shape index (κ2) is 5.36. The first-order chi connectivity index (χ1) is 8.99. The minimum absolute atomic E-state index is 0.0325. The number of nitrogens with zero attached hydrogens (tertiary/aromatic N) is 2. The molecule has 0 bridgehead atoms. The van der Waals surface area contributed by atoms with Crippen molar-refractivity contribution in [3.8, 4) is 0 Å². The van der Waals surface area contributed by atoms with Gasteiger partial charge in [-0.1, -0.05) is 0 Å². The molecule has 1 aliphatic heterocycles. The average molecular weight is 264 g/mol. The lowest BCUT2D eigenvalue weighted by Gasteiger charge is -2.24. The van der Waals surface area contributed by atoms with Gasteiger partial charge in [0.2, 0.25) is 5.91 Å². The largest absolute Gasteiger partial charge is 0.392 e. The van der Waals surface area contributed by atoms with Crippen molar-refractivity contribution in [2.75, 3.05) is 11.4 Å². The van der Waals surface area contributed by atoms with E-state index in [9.17, 15) is 20.0 Å². The molecule has 1 unspecified atom stereocenters. The van der Waals surface area contributed by atoms with Gasteiger partial charge in [-0.3, -0.25) is 14.9 Å². The van der Waals surface area contributed by atoms with Gasteiger partial charge in [0.1, 0.15) is 0 Å². The molecule has 0 aromatic heterocycles. The Kier molecular flexibility index (Phi) is 3.80. The fraction of sp³-hybridized carbons (Fsp3) is 0.462. The van der Waals surface area contributed by atoms with Crippen LogP contribution in [0.5, 0.6) is 0 Å². The summed E-state index contributed by atoms with van der Waals surface area (Å²) in [4.78, 5) is 23.9. The van der Waals surface area contributed by atoms with E-state index in [1.54, 1.807) is 13.0 Å². The van der Waals surface area contributed by atoms with Crippen LogP contribution in [0.4, 0.5) is 11.4 Å². The molecule has 0 aliphatic carbocycles. The molecular weight excluding hydrogens is 248 g/mol. The molecule has 0 spiro atoms. The molecule has 1 aromatic carbocycles. The number of β-amino-alcohol motifs (C(OH)–C–C–N with tert-alkyl or cyclic N) is 1. The number of benzene rings is 1. The van der Waals surface area contributed by atoms with Crippen molar-refractivity contribution in [3.63, 3.8) is 0 Å². The highest BCUT2D eigenvalue weighted by atomic mass is 16.6. The fourth-order valence-corrected chi connectivity index (χ4v) is 2.31. The van der Waals surface area contributed by atoms with E-state index in [4.69, 9.17) is 0 Å². The van der Waals surface area contributed by atoms with Gasteiger partial charge in [-0.2, -0.15) is 0 Å². The fourth-order valence-electron chi connectivity index (χ4n) is 2.31. The van der Waals surface area contributed by atoms with Gasteiger partial charge in [0, 0.05) is 24.2 Å². The number of anilines is 1. The van der Waals surface area contributed by atoms with Gasteiger partial charge in [0.15, 0.2) is 0 Å². The maximum Gasteiger partial charge on any atom is 0.269 e. The predicted octanol–water partition coefficient (Wildman–Crippen LogP) is 1.64. The molecule has 1 amide bonds. The summed E-state index contributed by atoms with van der Waals surface area (Å²) in [6.45, 7) is 1.83. The van der Waals surface area contributed by atoms with Crippen LogP contribution in [-0.2, 0) is 11.2 Å². The Hall–Kier alpha value is -1.95. The molecule has 0 radical (unpaired) electrons. The average Bonchev–Trinajstić information content (AvgIpc) is 2.49. The summed E-state index contributed by atoms with van der Waals surface area (Å²) in [6, 6.07) is 4.51. The van der Waals surface area contributed by atoms with Gasteiger partial charge in [0.05, 0.1) is 17.6 Å². The second-order valence-corrected chi connectivity index (χ2v) is 4.78. The molecule has 1 atom stereocenters. The Morgan fingerprint density at radius 3 is 2.84 bits per heavy atom. The van der Waals surface area contributed by atoms with Gasteiger partial charge >= 0.3 is 0 Å². The number of nitro benzene ring substituents is 1. The lowest BCUT2D eigenvalue weighted by atomic mass is 10.1. The number of carbonyl (C=O) groups is 1. The molecule has 19 heavy (non-hydrogen) atoms. The van der Waals surface area contributed by atoms with Crippen LogP contribution in [0.15, 0.2) is 18.2 Å². The van der Waals surface area contributed by atoms with Crippen molar-refractivity contribution in [2.24, 2.45) is 0 Å². The van der Waals surface area contributed by atoms with E-state index in [0.29, 0.717) is 24.9 Å². The minimum Gasteiger partial charge on any atom is -0.392 e. The molecule has 102 valence electrons. The van der Waals surface area contributed by atoms with Crippen LogP contribution in [0.3, 0.4) is 0 Å². The van der Waals surface area contributed by atoms with E-state index in [2.05, 4.69) is 0 Å². The monoisotopic (exact) mass is 264 g/mol. The number of rotatable bonds is 3. The van der Waals surface area contributed by atoms with Crippen LogP contribution in [0, 0.1) is 10.1 Å². The van der Waals surface area contributed by atoms with Gasteiger partial charge < -0.3 is 10.0 Å². The zero-order chi connectivity index (χ0) is 14.0. The zero-order valence-corrected chi connectivity index (χ0v) is 10.7. The Labute approximate surface area is 110 Å². The Balaban J connectivity index is 2.42. The summed E-state index contributed by atoms with van der Waals surface area (Å²) < 4.78 is 0. The van der Waals surface area contributed by atoms with Crippen molar-refractivity contribution >= 4 is 17.3 Å². The molecule has 1 heterocycles. The Bertz CT molecular complexity index is 513. The second-order valence-electron chi connectivity index (χ2n) is 4.78. The first-order valence-electron chi connectivity index (χ1n) is 6.25. The number of amides is 1. The summed E-state index contributed by atoms with van der Waals surface area (Å²) >= 11 is 0. The topological polar surface area (TPSA) is 83.7 Å². The summed E-state index contributed by atoms with van der Waals surface area (Å²) in [5.74, 6) is -0.0477. The highest BCUT2D eigenvalue weighted by molar-refractivity contribution is 5.95. The highest BCUT2D eigenvalue weighted by Gasteiger charge is 2.24. The molecule has 1 aliphatic rings. The highest BCUT2D eigenvalue weighted by Crippen LogP contribution is 2.30. The van der Waals surface area contributed by atoms with Crippen molar-refractivity contribution in [1.29, 1.82) is 0 Å². The number of non-ortho nitro benzene ring substituents is 1. The van der Waals surface area contributed by atoms with Crippen LogP contribution < -0.4 is 4.90 Å². The molecule has 1 aromatic rings. The number of aliphatic hydroxyl groups is 1. The lowest BCUT2D eigenvalue weighted by molar-refractivity contribution is -0.384. The molecule has 6 heteroatoms. The third-order valence-corrected chi connectivity index (χ3v) is 3.15. The van der Waals surface area contributed by atoms with Crippen molar-refractivity contribution in [1.82, 2.24) is 0 Å². The van der Waals surface area contributed by atoms with Crippen molar-refractivity contribution < 1.29 is 14.8 Å². The van der Waals surface area contributed by atoms with Crippen molar-refractivity contribution in [3.05, 3.63) is 33.9 Å². The van der Waals surface area contributed by atoms with E-state index in [1.165, 1.54) is 17.0 Å². The number of aryl methyl sites for hydroxylation is 1. The molecule has 0 saturated heterocycles. The van der Waals surface area contributed by atoms with E-state index in [-0.39, 0.29) is 18.1 Å². The van der Waals surface area contributed by atoms with Crippen LogP contribution in [0.2, 0.25) is 0 Å². The summed E-state index contributed by atoms with van der Waals surface area (Å²) in [5.41, 5.74) is 1.50. The van der Waals surface area contributed by atoms with E-state index >= 15 is 0 Å².